The first-order valence-electron chi connectivity index (χ1n) is 8.80. The SMILES string of the molecule is C#CCCCCNC(=O)C(C)NC(=O)CCC(=O)N(C)CCN(C)CF. The summed E-state index contributed by atoms with van der Waals surface area (Å²) in [5.74, 6) is 1.71. The number of hydrogen-bond donors (Lipinski definition) is 2. The number of alkyl halides is 1. The zero-order valence-electron chi connectivity index (χ0n) is 16.0. The Morgan fingerprint density at radius 3 is 2.46 bits per heavy atom. The molecular formula is C18H31FN4O3. The molecule has 0 heterocycles. The minimum Gasteiger partial charge on any atom is -0.354 e. The summed E-state index contributed by atoms with van der Waals surface area (Å²) < 4.78 is 12.3. The highest BCUT2D eigenvalue weighted by Crippen LogP contribution is 1.98. The number of hydrogen-bond acceptors (Lipinski definition) is 4. The number of terminal acetylenes is 1. The quantitative estimate of drug-likeness (QED) is 0.281. The molecule has 0 fully saturated rings. The van der Waals surface area contributed by atoms with Gasteiger partial charge in [0.1, 0.15) is 12.8 Å². The van der Waals surface area contributed by atoms with Gasteiger partial charge in [0.2, 0.25) is 17.7 Å². The number of nitrogens with one attached hydrogen (secondary N) is 2. The van der Waals surface area contributed by atoms with Gasteiger partial charge in [-0.3, -0.25) is 19.3 Å². The van der Waals surface area contributed by atoms with Gasteiger partial charge in [0.25, 0.3) is 0 Å². The summed E-state index contributed by atoms with van der Waals surface area (Å²) in [6.45, 7) is 2.34. The predicted molar refractivity (Wildman–Crippen MR) is 98.8 cm³/mol. The van der Waals surface area contributed by atoms with Crippen LogP contribution >= 0.6 is 0 Å². The lowest BCUT2D eigenvalue weighted by atomic mass is 10.2. The number of carbonyl (C=O) groups excluding carboxylic acids is 3. The van der Waals surface area contributed by atoms with E-state index in [4.69, 9.17) is 6.42 Å². The van der Waals surface area contributed by atoms with Crippen LogP contribution in [-0.2, 0) is 14.4 Å². The molecule has 0 aromatic carbocycles. The summed E-state index contributed by atoms with van der Waals surface area (Å²) in [7, 11) is 3.23. The molecule has 26 heavy (non-hydrogen) atoms. The van der Waals surface area contributed by atoms with E-state index in [2.05, 4.69) is 16.6 Å². The van der Waals surface area contributed by atoms with E-state index in [1.54, 1.807) is 21.0 Å². The van der Waals surface area contributed by atoms with Gasteiger partial charge < -0.3 is 15.5 Å². The molecule has 0 radical (unpaired) electrons. The number of rotatable bonds is 13. The van der Waals surface area contributed by atoms with Crippen molar-refractivity contribution in [3.8, 4) is 12.3 Å². The molecule has 0 aliphatic heterocycles. The molecule has 0 aliphatic carbocycles. The standard InChI is InChI=1S/C18H31FN4O3/c1-5-6-7-8-11-20-18(26)15(2)21-16(24)9-10-17(25)23(4)13-12-22(3)14-19/h1,15H,6-14H2,2-4H3,(H,20,26)(H,21,24). The van der Waals surface area contributed by atoms with Crippen LogP contribution in [0.25, 0.3) is 0 Å². The lowest BCUT2D eigenvalue weighted by Gasteiger charge is -2.20. The van der Waals surface area contributed by atoms with Gasteiger partial charge in [0, 0.05) is 45.9 Å². The van der Waals surface area contributed by atoms with E-state index in [-0.39, 0.29) is 30.6 Å². The number of nitrogens with zero attached hydrogens (tertiary/aromatic N) is 2. The summed E-state index contributed by atoms with van der Waals surface area (Å²) in [5, 5.41) is 5.30. The van der Waals surface area contributed by atoms with Crippen LogP contribution in [0.1, 0.15) is 39.0 Å². The largest absolute Gasteiger partial charge is 0.354 e. The highest BCUT2D eigenvalue weighted by molar-refractivity contribution is 5.89. The molecule has 3 amide bonds. The first-order chi connectivity index (χ1) is 12.3. The van der Waals surface area contributed by atoms with Gasteiger partial charge in [-0.2, -0.15) is 0 Å². The molecule has 0 aliphatic rings. The van der Waals surface area contributed by atoms with Crippen LogP contribution in [0.3, 0.4) is 0 Å². The van der Waals surface area contributed by atoms with Crippen molar-refractivity contribution in [2.24, 2.45) is 0 Å². The summed E-state index contributed by atoms with van der Waals surface area (Å²) >= 11 is 0. The average molecular weight is 370 g/mol. The van der Waals surface area contributed by atoms with Crippen LogP contribution in [0.15, 0.2) is 0 Å². The second-order valence-electron chi connectivity index (χ2n) is 6.26. The molecule has 148 valence electrons. The minimum atomic E-state index is -0.666. The smallest absolute Gasteiger partial charge is 0.242 e. The van der Waals surface area contributed by atoms with Crippen molar-refractivity contribution in [1.82, 2.24) is 20.4 Å². The second kappa shape index (κ2) is 14.1. The predicted octanol–water partition coefficient (Wildman–Crippen LogP) is 0.508. The molecule has 1 atom stereocenters. The number of carbonyl (C=O) groups is 3. The van der Waals surface area contributed by atoms with Crippen molar-refractivity contribution in [3.05, 3.63) is 0 Å². The normalized spacial score (nSPS) is 11.5. The number of unbranched alkanes of at least 4 members (excludes halogenated alkanes) is 2. The number of halogens is 1. The van der Waals surface area contributed by atoms with Gasteiger partial charge in [-0.05, 0) is 26.8 Å². The van der Waals surface area contributed by atoms with Gasteiger partial charge in [0.15, 0.2) is 0 Å². The van der Waals surface area contributed by atoms with Gasteiger partial charge in [-0.15, -0.1) is 12.3 Å². The third-order valence-corrected chi connectivity index (χ3v) is 3.83. The summed E-state index contributed by atoms with van der Waals surface area (Å²) in [4.78, 5) is 38.6. The van der Waals surface area contributed by atoms with Gasteiger partial charge in [-0.25, -0.2) is 4.39 Å². The molecular weight excluding hydrogens is 339 g/mol. The Hall–Kier alpha value is -2.14. The summed E-state index contributed by atoms with van der Waals surface area (Å²) in [6, 6.07) is -0.666. The average Bonchev–Trinajstić information content (AvgIpc) is 2.63. The van der Waals surface area contributed by atoms with Crippen LogP contribution in [-0.4, -0.2) is 74.1 Å². The number of likely N-dealkylation sites (N-methyl/N-ethyl adjacent to an activating group) is 2. The van der Waals surface area contributed by atoms with Gasteiger partial charge in [0.05, 0.1) is 0 Å². The maximum Gasteiger partial charge on any atom is 0.242 e. The van der Waals surface area contributed by atoms with E-state index < -0.39 is 12.8 Å². The Balaban J connectivity index is 4.00. The Kier molecular flexibility index (Phi) is 12.9. The number of amides is 3. The van der Waals surface area contributed by atoms with Crippen molar-refractivity contribution in [3.63, 3.8) is 0 Å². The lowest BCUT2D eigenvalue weighted by Crippen LogP contribution is -2.45. The molecule has 8 heteroatoms. The van der Waals surface area contributed by atoms with Crippen LogP contribution in [0.2, 0.25) is 0 Å². The minimum absolute atomic E-state index is 0.00190. The van der Waals surface area contributed by atoms with Crippen LogP contribution in [0.4, 0.5) is 4.39 Å². The highest BCUT2D eigenvalue weighted by Gasteiger charge is 2.17. The molecule has 0 spiro atoms. The monoisotopic (exact) mass is 370 g/mol. The zero-order valence-corrected chi connectivity index (χ0v) is 16.0. The highest BCUT2D eigenvalue weighted by atomic mass is 19.1. The van der Waals surface area contributed by atoms with Crippen molar-refractivity contribution < 1.29 is 18.8 Å². The molecule has 0 bridgehead atoms. The van der Waals surface area contributed by atoms with E-state index in [0.717, 1.165) is 12.8 Å². The fraction of sp³-hybridized carbons (Fsp3) is 0.722. The third kappa shape index (κ3) is 11.4. The van der Waals surface area contributed by atoms with E-state index in [0.29, 0.717) is 26.1 Å². The Morgan fingerprint density at radius 1 is 1.15 bits per heavy atom. The molecule has 0 aromatic rings. The van der Waals surface area contributed by atoms with Crippen LogP contribution in [0, 0.1) is 12.3 Å². The van der Waals surface area contributed by atoms with E-state index in [1.165, 1.54) is 9.80 Å². The lowest BCUT2D eigenvalue weighted by molar-refractivity contribution is -0.133. The van der Waals surface area contributed by atoms with E-state index in [1.807, 2.05) is 0 Å². The van der Waals surface area contributed by atoms with Gasteiger partial charge >= 0.3 is 0 Å². The second-order valence-corrected chi connectivity index (χ2v) is 6.26. The van der Waals surface area contributed by atoms with E-state index >= 15 is 0 Å². The Labute approximate surface area is 155 Å². The topological polar surface area (TPSA) is 81.8 Å². The molecule has 0 aromatic heterocycles. The first-order valence-corrected chi connectivity index (χ1v) is 8.80. The molecule has 0 saturated heterocycles. The molecule has 7 nitrogen and oxygen atoms in total. The third-order valence-electron chi connectivity index (χ3n) is 3.83. The first kappa shape index (κ1) is 23.9. The maximum atomic E-state index is 12.3. The summed E-state index contributed by atoms with van der Waals surface area (Å²) in [5.41, 5.74) is 0. The fourth-order valence-corrected chi connectivity index (χ4v) is 2.01. The molecule has 1 unspecified atom stereocenters. The van der Waals surface area contributed by atoms with Crippen molar-refractivity contribution in [2.75, 3.05) is 40.5 Å². The Bertz CT molecular complexity index is 493. The van der Waals surface area contributed by atoms with Crippen LogP contribution < -0.4 is 10.6 Å². The Morgan fingerprint density at radius 2 is 1.85 bits per heavy atom. The summed E-state index contributed by atoms with van der Waals surface area (Å²) in [6.07, 6.45) is 7.50. The fourth-order valence-electron chi connectivity index (χ4n) is 2.01. The van der Waals surface area contributed by atoms with Crippen molar-refractivity contribution >= 4 is 17.7 Å². The molecule has 0 rings (SSSR count). The van der Waals surface area contributed by atoms with Crippen molar-refractivity contribution in [1.29, 1.82) is 0 Å². The van der Waals surface area contributed by atoms with E-state index in [9.17, 15) is 18.8 Å². The zero-order chi connectivity index (χ0) is 19.9. The van der Waals surface area contributed by atoms with Gasteiger partial charge in [-0.1, -0.05) is 0 Å². The molecule has 0 saturated carbocycles. The molecule has 2 N–H and O–H groups in total. The van der Waals surface area contributed by atoms with Crippen molar-refractivity contribution in [2.45, 2.75) is 45.1 Å². The maximum absolute atomic E-state index is 12.3. The van der Waals surface area contributed by atoms with Crippen LogP contribution in [0.5, 0.6) is 0 Å².